The third kappa shape index (κ3) is 3.02. The predicted octanol–water partition coefficient (Wildman–Crippen LogP) is 4.03. The summed E-state index contributed by atoms with van der Waals surface area (Å²) >= 11 is 0. The molecular weight excluding hydrogens is 380 g/mol. The van der Waals surface area contributed by atoms with Crippen molar-refractivity contribution in [1.82, 2.24) is 9.97 Å². The zero-order chi connectivity index (χ0) is 20.7. The average Bonchev–Trinajstić information content (AvgIpc) is 3.40. The summed E-state index contributed by atoms with van der Waals surface area (Å²) in [5.74, 6) is 0.330. The fourth-order valence-corrected chi connectivity index (χ4v) is 3.97. The van der Waals surface area contributed by atoms with Gasteiger partial charge in [-0.15, -0.1) is 0 Å². The van der Waals surface area contributed by atoms with Crippen LogP contribution in [-0.4, -0.2) is 34.8 Å². The van der Waals surface area contributed by atoms with Crippen molar-refractivity contribution in [3.63, 3.8) is 0 Å². The molecule has 0 saturated heterocycles. The summed E-state index contributed by atoms with van der Waals surface area (Å²) in [6.45, 7) is 0.661. The van der Waals surface area contributed by atoms with Gasteiger partial charge in [-0.05, 0) is 29.3 Å². The second-order valence-corrected chi connectivity index (χ2v) is 7.23. The molecule has 6 heteroatoms. The van der Waals surface area contributed by atoms with Crippen LogP contribution in [0.1, 0.15) is 33.4 Å². The Bertz CT molecular complexity index is 1250. The molecule has 2 aromatic heterocycles. The standard InChI is InChI=1S/C24H20N2O4/c1-29-24(28)18-9-5-8-17(25-18)23(27)21-16-12-15-10-11-30-20(15)13-19(16)26-22(21)14-6-3-2-4-7-14/h2-9,12-13,23,26-27H,10-11H2,1H3. The minimum absolute atomic E-state index is 0.157. The molecule has 6 nitrogen and oxygen atoms in total. The number of nitrogens with zero attached hydrogens (tertiary/aromatic N) is 1. The molecule has 4 aromatic rings. The number of ether oxygens (including phenoxy) is 2. The van der Waals surface area contributed by atoms with E-state index in [0.717, 1.165) is 45.5 Å². The minimum Gasteiger partial charge on any atom is -0.493 e. The third-order valence-electron chi connectivity index (χ3n) is 5.43. The van der Waals surface area contributed by atoms with Crippen molar-refractivity contribution in [3.05, 3.63) is 83.2 Å². The second-order valence-electron chi connectivity index (χ2n) is 7.23. The van der Waals surface area contributed by atoms with Gasteiger partial charge in [0.1, 0.15) is 17.5 Å². The van der Waals surface area contributed by atoms with Crippen LogP contribution in [0.3, 0.4) is 0 Å². The molecule has 0 aliphatic carbocycles. The lowest BCUT2D eigenvalue weighted by molar-refractivity contribution is 0.0593. The molecule has 2 N–H and O–H groups in total. The van der Waals surface area contributed by atoms with Crippen LogP contribution in [-0.2, 0) is 11.2 Å². The molecule has 30 heavy (non-hydrogen) atoms. The van der Waals surface area contributed by atoms with E-state index in [1.54, 1.807) is 18.2 Å². The molecular formula is C24H20N2O4. The smallest absolute Gasteiger partial charge is 0.356 e. The van der Waals surface area contributed by atoms with Gasteiger partial charge in [-0.2, -0.15) is 0 Å². The van der Waals surface area contributed by atoms with Crippen molar-refractivity contribution in [2.45, 2.75) is 12.5 Å². The second kappa shape index (κ2) is 7.31. The van der Waals surface area contributed by atoms with E-state index in [0.29, 0.717) is 12.3 Å². The molecule has 0 amide bonds. The van der Waals surface area contributed by atoms with Gasteiger partial charge >= 0.3 is 5.97 Å². The number of aliphatic hydroxyl groups excluding tert-OH is 1. The lowest BCUT2D eigenvalue weighted by Gasteiger charge is -2.14. The summed E-state index contributed by atoms with van der Waals surface area (Å²) in [6.07, 6.45) is -0.193. The van der Waals surface area contributed by atoms with Gasteiger partial charge in [-0.3, -0.25) is 0 Å². The van der Waals surface area contributed by atoms with Gasteiger partial charge in [0.05, 0.1) is 25.1 Å². The summed E-state index contributed by atoms with van der Waals surface area (Å²) in [5, 5.41) is 12.3. The van der Waals surface area contributed by atoms with E-state index in [1.165, 1.54) is 7.11 Å². The van der Waals surface area contributed by atoms with E-state index in [2.05, 4.69) is 16.0 Å². The average molecular weight is 400 g/mol. The summed E-state index contributed by atoms with van der Waals surface area (Å²) in [5.41, 5.74) is 5.02. The topological polar surface area (TPSA) is 84.4 Å². The highest BCUT2D eigenvalue weighted by molar-refractivity contribution is 5.93. The fourth-order valence-electron chi connectivity index (χ4n) is 3.97. The molecule has 150 valence electrons. The van der Waals surface area contributed by atoms with Crippen LogP contribution in [0.4, 0.5) is 0 Å². The number of aromatic nitrogens is 2. The number of carbonyl (C=O) groups excluding carboxylic acids is 1. The van der Waals surface area contributed by atoms with E-state index in [1.807, 2.05) is 36.4 Å². The summed E-state index contributed by atoms with van der Waals surface area (Å²) in [6, 6.07) is 18.9. The Kier molecular flexibility index (Phi) is 4.48. The van der Waals surface area contributed by atoms with Gasteiger partial charge in [-0.1, -0.05) is 36.4 Å². The van der Waals surface area contributed by atoms with E-state index < -0.39 is 12.1 Å². The summed E-state index contributed by atoms with van der Waals surface area (Å²) in [4.78, 5) is 19.7. The van der Waals surface area contributed by atoms with E-state index in [-0.39, 0.29) is 5.69 Å². The largest absolute Gasteiger partial charge is 0.493 e. The third-order valence-corrected chi connectivity index (χ3v) is 5.43. The summed E-state index contributed by atoms with van der Waals surface area (Å²) < 4.78 is 10.5. The molecule has 1 unspecified atom stereocenters. The highest BCUT2D eigenvalue weighted by atomic mass is 16.5. The van der Waals surface area contributed by atoms with Crippen molar-refractivity contribution in [2.24, 2.45) is 0 Å². The van der Waals surface area contributed by atoms with E-state index in [4.69, 9.17) is 9.47 Å². The molecule has 0 radical (unpaired) electrons. The van der Waals surface area contributed by atoms with Crippen LogP contribution in [0, 0.1) is 0 Å². The molecule has 1 aliphatic heterocycles. The van der Waals surface area contributed by atoms with E-state index >= 15 is 0 Å². The van der Waals surface area contributed by atoms with Gasteiger partial charge in [0, 0.05) is 29.0 Å². The molecule has 1 atom stereocenters. The Morgan fingerprint density at radius 2 is 2.00 bits per heavy atom. The van der Waals surface area contributed by atoms with Gasteiger partial charge in [0.2, 0.25) is 0 Å². The maximum absolute atomic E-state index is 11.9. The van der Waals surface area contributed by atoms with Gasteiger partial charge in [0.15, 0.2) is 0 Å². The maximum atomic E-state index is 11.9. The number of methoxy groups -OCH3 is 1. The Morgan fingerprint density at radius 3 is 2.80 bits per heavy atom. The molecule has 0 spiro atoms. The Hall–Kier alpha value is -3.64. The Labute approximate surface area is 173 Å². The van der Waals surface area contributed by atoms with Crippen molar-refractivity contribution >= 4 is 16.9 Å². The lowest BCUT2D eigenvalue weighted by Crippen LogP contribution is -2.09. The number of H-pyrrole nitrogens is 1. The van der Waals surface area contributed by atoms with Gasteiger partial charge in [-0.25, -0.2) is 9.78 Å². The van der Waals surface area contributed by atoms with Gasteiger partial charge in [0.25, 0.3) is 0 Å². The molecule has 2 aromatic carbocycles. The first kappa shape index (κ1) is 18.4. The maximum Gasteiger partial charge on any atom is 0.356 e. The fraction of sp³-hybridized carbons (Fsp3) is 0.167. The monoisotopic (exact) mass is 400 g/mol. The molecule has 1 aliphatic rings. The first-order chi connectivity index (χ1) is 14.7. The zero-order valence-corrected chi connectivity index (χ0v) is 16.4. The number of aromatic amines is 1. The van der Waals surface area contributed by atoms with Crippen LogP contribution >= 0.6 is 0 Å². The predicted molar refractivity (Wildman–Crippen MR) is 113 cm³/mol. The number of hydrogen-bond donors (Lipinski definition) is 2. The molecule has 0 fully saturated rings. The summed E-state index contributed by atoms with van der Waals surface area (Å²) in [7, 11) is 1.31. The van der Waals surface area contributed by atoms with Crippen molar-refractivity contribution in [2.75, 3.05) is 13.7 Å². The number of rotatable bonds is 4. The van der Waals surface area contributed by atoms with Crippen LogP contribution in [0.15, 0.2) is 60.7 Å². The van der Waals surface area contributed by atoms with Crippen molar-refractivity contribution in [3.8, 4) is 17.0 Å². The normalized spacial score (nSPS) is 13.7. The number of benzene rings is 2. The number of esters is 1. The van der Waals surface area contributed by atoms with Crippen molar-refractivity contribution < 1.29 is 19.4 Å². The Balaban J connectivity index is 1.71. The van der Waals surface area contributed by atoms with Crippen molar-refractivity contribution in [1.29, 1.82) is 0 Å². The quantitative estimate of drug-likeness (QED) is 0.505. The number of aliphatic hydroxyl groups is 1. The highest BCUT2D eigenvalue weighted by Crippen LogP contribution is 2.40. The molecule has 0 saturated carbocycles. The van der Waals surface area contributed by atoms with Crippen LogP contribution in [0.5, 0.6) is 5.75 Å². The first-order valence-corrected chi connectivity index (χ1v) is 9.76. The zero-order valence-electron chi connectivity index (χ0n) is 16.4. The Morgan fingerprint density at radius 1 is 1.17 bits per heavy atom. The van der Waals surface area contributed by atoms with Crippen LogP contribution in [0.2, 0.25) is 0 Å². The number of nitrogens with one attached hydrogen (secondary N) is 1. The lowest BCUT2D eigenvalue weighted by atomic mass is 9.97. The first-order valence-electron chi connectivity index (χ1n) is 9.76. The molecule has 3 heterocycles. The number of carbonyl (C=O) groups is 1. The van der Waals surface area contributed by atoms with Crippen LogP contribution in [0.25, 0.3) is 22.2 Å². The SMILES string of the molecule is COC(=O)c1cccc(C(O)c2c(-c3ccccc3)[nH]c3cc4c(cc23)CCO4)n1. The minimum atomic E-state index is -1.03. The van der Waals surface area contributed by atoms with Crippen LogP contribution < -0.4 is 4.74 Å². The highest BCUT2D eigenvalue weighted by Gasteiger charge is 2.25. The molecule has 5 rings (SSSR count). The number of pyridine rings is 1. The molecule has 0 bridgehead atoms. The van der Waals surface area contributed by atoms with E-state index in [9.17, 15) is 9.90 Å². The van der Waals surface area contributed by atoms with Gasteiger partial charge < -0.3 is 19.6 Å². The number of fused-ring (bicyclic) bond motifs is 2. The number of hydrogen-bond acceptors (Lipinski definition) is 5.